The van der Waals surface area contributed by atoms with Crippen LogP contribution in [0.5, 0.6) is 0 Å². The van der Waals surface area contributed by atoms with E-state index >= 15 is 0 Å². The molecule has 0 spiro atoms. The molecule has 0 unspecified atom stereocenters. The second-order valence-corrected chi connectivity index (χ2v) is 9.80. The van der Waals surface area contributed by atoms with Crippen LogP contribution in [-0.2, 0) is 6.42 Å². The molecular formula is C27H25ClN2O2S. The molecule has 1 aromatic heterocycles. The van der Waals surface area contributed by atoms with Crippen molar-refractivity contribution in [1.82, 2.24) is 9.55 Å². The molecule has 1 atom stereocenters. The third kappa shape index (κ3) is 4.90. The molecule has 4 aromatic rings. The van der Waals surface area contributed by atoms with Gasteiger partial charge in [-0.1, -0.05) is 79.2 Å². The average molecular weight is 477 g/mol. The van der Waals surface area contributed by atoms with E-state index in [1.165, 1.54) is 17.3 Å². The van der Waals surface area contributed by atoms with E-state index in [1.54, 1.807) is 22.8 Å². The Morgan fingerprint density at radius 2 is 1.82 bits per heavy atom. The highest BCUT2D eigenvalue weighted by Gasteiger charge is 2.22. The second-order valence-electron chi connectivity index (χ2n) is 8.05. The van der Waals surface area contributed by atoms with Gasteiger partial charge in [0, 0.05) is 10.6 Å². The first-order valence-corrected chi connectivity index (χ1v) is 12.2. The zero-order chi connectivity index (χ0) is 23.5. The Balaban J connectivity index is 1.77. The summed E-state index contributed by atoms with van der Waals surface area (Å²) in [4.78, 5) is 31.5. The Morgan fingerprint density at radius 3 is 2.52 bits per heavy atom. The van der Waals surface area contributed by atoms with Crippen molar-refractivity contribution >= 4 is 40.0 Å². The van der Waals surface area contributed by atoms with E-state index in [0.717, 1.165) is 24.1 Å². The maximum atomic E-state index is 13.5. The molecule has 0 radical (unpaired) electrons. The van der Waals surface area contributed by atoms with Gasteiger partial charge in [0.15, 0.2) is 10.9 Å². The molecule has 0 saturated heterocycles. The molecule has 0 aliphatic rings. The molecule has 0 saturated carbocycles. The van der Waals surface area contributed by atoms with E-state index in [-0.39, 0.29) is 11.3 Å². The minimum absolute atomic E-state index is 0.000165. The van der Waals surface area contributed by atoms with E-state index in [9.17, 15) is 9.59 Å². The number of carbonyl (C=O) groups excluding carboxylic acids is 1. The van der Waals surface area contributed by atoms with Crippen molar-refractivity contribution in [3.63, 3.8) is 0 Å². The Hall–Kier alpha value is -2.89. The fraction of sp³-hybridized carbons (Fsp3) is 0.222. The van der Waals surface area contributed by atoms with Crippen molar-refractivity contribution in [2.45, 2.75) is 44.0 Å². The van der Waals surface area contributed by atoms with Crippen LogP contribution in [-0.4, -0.2) is 20.6 Å². The van der Waals surface area contributed by atoms with Crippen LogP contribution in [0.3, 0.4) is 0 Å². The highest BCUT2D eigenvalue weighted by Crippen LogP contribution is 2.28. The second kappa shape index (κ2) is 9.94. The minimum Gasteiger partial charge on any atom is -0.293 e. The molecule has 1 heterocycles. The number of aryl methyl sites for hydroxylation is 2. The number of Topliss-reactive ketones (excluding diaryl/α,β-unsaturated/α-hetero) is 1. The van der Waals surface area contributed by atoms with Gasteiger partial charge in [0.2, 0.25) is 0 Å². The van der Waals surface area contributed by atoms with Gasteiger partial charge >= 0.3 is 0 Å². The largest absolute Gasteiger partial charge is 0.293 e. The summed E-state index contributed by atoms with van der Waals surface area (Å²) in [5, 5.41) is 1.03. The van der Waals surface area contributed by atoms with Crippen LogP contribution in [0.15, 0.2) is 76.7 Å². The highest BCUT2D eigenvalue weighted by molar-refractivity contribution is 8.00. The van der Waals surface area contributed by atoms with Crippen molar-refractivity contribution in [2.24, 2.45) is 0 Å². The van der Waals surface area contributed by atoms with E-state index < -0.39 is 5.25 Å². The number of benzene rings is 3. The Morgan fingerprint density at radius 1 is 1.09 bits per heavy atom. The number of thioether (sulfide) groups is 1. The number of nitrogens with zero attached hydrogens (tertiary/aromatic N) is 2. The van der Waals surface area contributed by atoms with Crippen LogP contribution in [0.2, 0.25) is 5.02 Å². The van der Waals surface area contributed by atoms with Gasteiger partial charge in [-0.05, 0) is 55.7 Å². The maximum absolute atomic E-state index is 13.5. The molecule has 0 amide bonds. The molecular weight excluding hydrogens is 452 g/mol. The summed E-state index contributed by atoms with van der Waals surface area (Å²) in [6.07, 6.45) is 2.05. The predicted molar refractivity (Wildman–Crippen MR) is 137 cm³/mol. The van der Waals surface area contributed by atoms with Crippen LogP contribution in [0.4, 0.5) is 0 Å². The third-order valence-electron chi connectivity index (χ3n) is 5.59. The average Bonchev–Trinajstić information content (AvgIpc) is 2.80. The topological polar surface area (TPSA) is 52.0 Å². The van der Waals surface area contributed by atoms with Crippen LogP contribution in [0, 0.1) is 6.92 Å². The smallest absolute Gasteiger partial charge is 0.266 e. The van der Waals surface area contributed by atoms with Gasteiger partial charge < -0.3 is 0 Å². The molecule has 0 aliphatic carbocycles. The zero-order valence-corrected chi connectivity index (χ0v) is 20.4. The number of ketones is 1. The van der Waals surface area contributed by atoms with E-state index in [0.29, 0.717) is 26.6 Å². The number of para-hydroxylation sites is 1. The molecule has 4 rings (SSSR count). The SMILES string of the molecule is CCCc1ccc(C(=O)[C@@H](C)Sc2nc3cc(Cl)ccc3c(=O)n2-c2ccccc2C)cc1. The summed E-state index contributed by atoms with van der Waals surface area (Å²) in [5.74, 6) is -0.000165. The summed E-state index contributed by atoms with van der Waals surface area (Å²) in [6.45, 7) is 5.94. The van der Waals surface area contributed by atoms with Crippen LogP contribution < -0.4 is 5.56 Å². The van der Waals surface area contributed by atoms with Crippen molar-refractivity contribution in [3.05, 3.63) is 98.8 Å². The van der Waals surface area contributed by atoms with Crippen LogP contribution in [0.1, 0.15) is 41.8 Å². The lowest BCUT2D eigenvalue weighted by Gasteiger charge is -2.17. The van der Waals surface area contributed by atoms with Crippen molar-refractivity contribution in [1.29, 1.82) is 0 Å². The number of carbonyl (C=O) groups is 1. The fourth-order valence-electron chi connectivity index (χ4n) is 3.82. The first-order chi connectivity index (χ1) is 15.9. The summed E-state index contributed by atoms with van der Waals surface area (Å²) in [7, 11) is 0. The van der Waals surface area contributed by atoms with Crippen molar-refractivity contribution in [2.75, 3.05) is 0 Å². The molecule has 33 heavy (non-hydrogen) atoms. The monoisotopic (exact) mass is 476 g/mol. The minimum atomic E-state index is -0.430. The number of hydrogen-bond donors (Lipinski definition) is 0. The van der Waals surface area contributed by atoms with Crippen molar-refractivity contribution in [3.8, 4) is 5.69 Å². The van der Waals surface area contributed by atoms with Crippen molar-refractivity contribution < 1.29 is 4.79 Å². The molecule has 0 aliphatic heterocycles. The van der Waals surface area contributed by atoms with Crippen LogP contribution >= 0.6 is 23.4 Å². The Bertz CT molecular complexity index is 1380. The molecule has 0 bridgehead atoms. The summed E-state index contributed by atoms with van der Waals surface area (Å²) in [5.41, 5.74) is 3.90. The molecule has 3 aromatic carbocycles. The number of rotatable bonds is 7. The van der Waals surface area contributed by atoms with Gasteiger partial charge in [-0.15, -0.1) is 0 Å². The lowest BCUT2D eigenvalue weighted by atomic mass is 10.0. The number of aromatic nitrogens is 2. The Kier molecular flexibility index (Phi) is 7.01. The normalized spacial score (nSPS) is 12.1. The van der Waals surface area contributed by atoms with Gasteiger partial charge in [-0.3, -0.25) is 14.2 Å². The number of halogens is 1. The summed E-state index contributed by atoms with van der Waals surface area (Å²) < 4.78 is 1.60. The zero-order valence-electron chi connectivity index (χ0n) is 18.8. The predicted octanol–water partition coefficient (Wildman–Crippen LogP) is 6.66. The molecule has 4 nitrogen and oxygen atoms in total. The highest BCUT2D eigenvalue weighted by atomic mass is 35.5. The molecule has 6 heteroatoms. The first-order valence-electron chi connectivity index (χ1n) is 11.0. The van der Waals surface area contributed by atoms with Gasteiger partial charge in [-0.2, -0.15) is 0 Å². The summed E-state index contributed by atoms with van der Waals surface area (Å²) >= 11 is 7.45. The third-order valence-corrected chi connectivity index (χ3v) is 6.87. The quantitative estimate of drug-likeness (QED) is 0.170. The van der Waals surface area contributed by atoms with Gasteiger partial charge in [0.1, 0.15) is 0 Å². The van der Waals surface area contributed by atoms with E-state index in [1.807, 2.05) is 62.4 Å². The van der Waals surface area contributed by atoms with Gasteiger partial charge in [0.05, 0.1) is 21.8 Å². The molecule has 0 fully saturated rings. The standard InChI is InChI=1S/C27H25ClN2O2S/c1-4-7-19-10-12-20(13-11-19)25(31)18(3)33-27-29-23-16-21(28)14-15-22(23)26(32)30(27)24-9-6-5-8-17(24)2/h5-6,8-16,18H,4,7H2,1-3H3/t18-/m1/s1. The summed E-state index contributed by atoms with van der Waals surface area (Å²) in [6, 6.07) is 20.5. The van der Waals surface area contributed by atoms with E-state index in [4.69, 9.17) is 16.6 Å². The lowest BCUT2D eigenvalue weighted by molar-refractivity contribution is 0.0994. The Labute approximate surface area is 202 Å². The lowest BCUT2D eigenvalue weighted by Crippen LogP contribution is -2.24. The fourth-order valence-corrected chi connectivity index (χ4v) is 4.98. The van der Waals surface area contributed by atoms with Gasteiger partial charge in [-0.25, -0.2) is 4.98 Å². The van der Waals surface area contributed by atoms with Gasteiger partial charge in [0.25, 0.3) is 5.56 Å². The van der Waals surface area contributed by atoms with Crippen LogP contribution in [0.25, 0.3) is 16.6 Å². The first kappa shape index (κ1) is 23.3. The molecule has 168 valence electrons. The number of hydrogen-bond acceptors (Lipinski definition) is 4. The number of fused-ring (bicyclic) bond motifs is 1. The maximum Gasteiger partial charge on any atom is 0.266 e. The molecule has 0 N–H and O–H groups in total. The van der Waals surface area contributed by atoms with E-state index in [2.05, 4.69) is 6.92 Å².